The molecule has 0 radical (unpaired) electrons. The van der Waals surface area contributed by atoms with E-state index in [2.05, 4.69) is 0 Å². The molecule has 2 nitrogen and oxygen atoms in total. The molecular formula is C14H18ClNO. The van der Waals surface area contributed by atoms with E-state index in [4.69, 9.17) is 11.6 Å². The lowest BCUT2D eigenvalue weighted by Crippen LogP contribution is -2.28. The molecule has 0 saturated heterocycles. The van der Waals surface area contributed by atoms with Gasteiger partial charge in [0, 0.05) is 24.2 Å². The zero-order chi connectivity index (χ0) is 12.8. The monoisotopic (exact) mass is 251 g/mol. The van der Waals surface area contributed by atoms with Crippen molar-refractivity contribution in [3.63, 3.8) is 0 Å². The number of halogens is 1. The molecule has 0 N–H and O–H groups in total. The Morgan fingerprint density at radius 2 is 2.00 bits per heavy atom. The molecule has 17 heavy (non-hydrogen) atoms. The molecule has 0 heterocycles. The Morgan fingerprint density at radius 1 is 1.35 bits per heavy atom. The van der Waals surface area contributed by atoms with Crippen LogP contribution in [-0.4, -0.2) is 23.9 Å². The van der Waals surface area contributed by atoms with Crippen molar-refractivity contribution in [1.82, 2.24) is 4.90 Å². The van der Waals surface area contributed by atoms with Gasteiger partial charge < -0.3 is 4.90 Å². The van der Waals surface area contributed by atoms with Gasteiger partial charge in [-0.15, -0.1) is 0 Å². The number of aryl methyl sites for hydroxylation is 1. The van der Waals surface area contributed by atoms with E-state index in [0.29, 0.717) is 0 Å². The van der Waals surface area contributed by atoms with Gasteiger partial charge in [-0.3, -0.25) is 4.79 Å². The normalized spacial score (nSPS) is 10.8. The number of benzene rings is 1. The van der Waals surface area contributed by atoms with E-state index in [0.717, 1.165) is 29.2 Å². The van der Waals surface area contributed by atoms with E-state index in [1.54, 1.807) is 17.1 Å². The zero-order valence-electron chi connectivity index (χ0n) is 10.5. The summed E-state index contributed by atoms with van der Waals surface area (Å²) in [7, 11) is 0. The molecule has 0 aliphatic carbocycles. The molecule has 0 bridgehead atoms. The molecule has 92 valence electrons. The number of amides is 1. The van der Waals surface area contributed by atoms with Crippen LogP contribution in [0, 0.1) is 6.92 Å². The molecular weight excluding hydrogens is 234 g/mol. The summed E-state index contributed by atoms with van der Waals surface area (Å²) in [4.78, 5) is 13.5. The molecule has 3 heteroatoms. The van der Waals surface area contributed by atoms with E-state index >= 15 is 0 Å². The highest BCUT2D eigenvalue weighted by Crippen LogP contribution is 2.17. The van der Waals surface area contributed by atoms with Gasteiger partial charge in [-0.05, 0) is 44.0 Å². The first-order chi connectivity index (χ1) is 8.08. The second-order valence-corrected chi connectivity index (χ2v) is 4.26. The number of nitrogens with zero attached hydrogens (tertiary/aromatic N) is 1. The first-order valence-corrected chi connectivity index (χ1v) is 6.19. The molecule has 1 rings (SSSR count). The smallest absolute Gasteiger partial charge is 0.246 e. The molecule has 0 aliphatic heterocycles. The second-order valence-electron chi connectivity index (χ2n) is 3.85. The molecule has 1 amide bonds. The fourth-order valence-corrected chi connectivity index (χ4v) is 1.71. The third-order valence-corrected chi connectivity index (χ3v) is 3.10. The Bertz CT molecular complexity index is 422. The minimum absolute atomic E-state index is 0.0340. The van der Waals surface area contributed by atoms with Crippen LogP contribution in [0.3, 0.4) is 0 Å². The minimum atomic E-state index is 0.0340. The molecule has 0 fully saturated rings. The third kappa shape index (κ3) is 3.90. The van der Waals surface area contributed by atoms with Gasteiger partial charge in [-0.25, -0.2) is 0 Å². The van der Waals surface area contributed by atoms with Crippen molar-refractivity contribution in [2.24, 2.45) is 0 Å². The van der Waals surface area contributed by atoms with Gasteiger partial charge in [0.15, 0.2) is 0 Å². The molecule has 0 unspecified atom stereocenters. The van der Waals surface area contributed by atoms with Gasteiger partial charge in [0.2, 0.25) is 5.91 Å². The summed E-state index contributed by atoms with van der Waals surface area (Å²) in [6.45, 7) is 7.36. The highest BCUT2D eigenvalue weighted by Gasteiger charge is 2.04. The predicted molar refractivity (Wildman–Crippen MR) is 73.2 cm³/mol. The van der Waals surface area contributed by atoms with Gasteiger partial charge in [0.05, 0.1) is 0 Å². The number of carbonyl (C=O) groups is 1. The topological polar surface area (TPSA) is 20.3 Å². The van der Waals surface area contributed by atoms with Crippen LogP contribution in [0.4, 0.5) is 0 Å². The highest BCUT2D eigenvalue weighted by molar-refractivity contribution is 6.31. The maximum atomic E-state index is 11.7. The van der Waals surface area contributed by atoms with Crippen LogP contribution in [-0.2, 0) is 4.79 Å². The summed E-state index contributed by atoms with van der Waals surface area (Å²) in [5.74, 6) is 0.0340. The van der Waals surface area contributed by atoms with Crippen molar-refractivity contribution in [2.45, 2.75) is 20.8 Å². The lowest BCUT2D eigenvalue weighted by Gasteiger charge is -2.15. The maximum Gasteiger partial charge on any atom is 0.246 e. The van der Waals surface area contributed by atoms with Crippen LogP contribution in [0.5, 0.6) is 0 Å². The predicted octanol–water partition coefficient (Wildman–Crippen LogP) is 3.53. The molecule has 0 aliphatic rings. The van der Waals surface area contributed by atoms with Crippen molar-refractivity contribution in [1.29, 1.82) is 0 Å². The SMILES string of the molecule is CCN(CC)C(=O)/C=C/c1ccc(C)c(Cl)c1. The van der Waals surface area contributed by atoms with Crippen LogP contribution in [0.15, 0.2) is 24.3 Å². The average Bonchev–Trinajstić information content (AvgIpc) is 2.32. The van der Waals surface area contributed by atoms with Crippen LogP contribution < -0.4 is 0 Å². The summed E-state index contributed by atoms with van der Waals surface area (Å²) < 4.78 is 0. The average molecular weight is 252 g/mol. The van der Waals surface area contributed by atoms with E-state index in [1.165, 1.54) is 0 Å². The Morgan fingerprint density at radius 3 is 2.53 bits per heavy atom. The molecule has 0 aromatic heterocycles. The first kappa shape index (κ1) is 13.8. The lowest BCUT2D eigenvalue weighted by atomic mass is 10.1. The first-order valence-electron chi connectivity index (χ1n) is 5.81. The molecule has 0 spiro atoms. The number of carbonyl (C=O) groups excluding carboxylic acids is 1. The summed E-state index contributed by atoms with van der Waals surface area (Å²) in [6.07, 6.45) is 3.39. The summed E-state index contributed by atoms with van der Waals surface area (Å²) in [5.41, 5.74) is 1.99. The lowest BCUT2D eigenvalue weighted by molar-refractivity contribution is -0.125. The number of hydrogen-bond donors (Lipinski definition) is 0. The van der Waals surface area contributed by atoms with E-state index < -0.39 is 0 Å². The quantitative estimate of drug-likeness (QED) is 0.750. The fraction of sp³-hybridized carbons (Fsp3) is 0.357. The van der Waals surface area contributed by atoms with Gasteiger partial charge in [-0.1, -0.05) is 23.7 Å². The fourth-order valence-electron chi connectivity index (χ4n) is 1.52. The third-order valence-electron chi connectivity index (χ3n) is 2.69. The molecule has 1 aromatic carbocycles. The minimum Gasteiger partial charge on any atom is -0.340 e. The van der Waals surface area contributed by atoms with Crippen LogP contribution in [0.25, 0.3) is 6.08 Å². The number of rotatable bonds is 4. The van der Waals surface area contributed by atoms with Gasteiger partial charge in [0.25, 0.3) is 0 Å². The van der Waals surface area contributed by atoms with E-state index in [1.807, 2.05) is 39.0 Å². The number of hydrogen-bond acceptors (Lipinski definition) is 1. The van der Waals surface area contributed by atoms with Crippen LogP contribution in [0.2, 0.25) is 5.02 Å². The summed E-state index contributed by atoms with van der Waals surface area (Å²) >= 11 is 6.02. The van der Waals surface area contributed by atoms with Crippen molar-refractivity contribution >= 4 is 23.6 Å². The Balaban J connectivity index is 2.76. The van der Waals surface area contributed by atoms with Gasteiger partial charge >= 0.3 is 0 Å². The summed E-state index contributed by atoms with van der Waals surface area (Å²) in [6, 6.07) is 5.76. The molecule has 0 atom stereocenters. The van der Waals surface area contributed by atoms with Crippen LogP contribution >= 0.6 is 11.6 Å². The molecule has 0 saturated carbocycles. The summed E-state index contributed by atoms with van der Waals surface area (Å²) in [5, 5.41) is 0.724. The van der Waals surface area contributed by atoms with E-state index in [-0.39, 0.29) is 5.91 Å². The second kappa shape index (κ2) is 6.45. The van der Waals surface area contributed by atoms with Crippen molar-refractivity contribution < 1.29 is 4.79 Å². The van der Waals surface area contributed by atoms with Gasteiger partial charge in [0.1, 0.15) is 0 Å². The Labute approximate surface area is 108 Å². The molecule has 1 aromatic rings. The van der Waals surface area contributed by atoms with Gasteiger partial charge in [-0.2, -0.15) is 0 Å². The maximum absolute atomic E-state index is 11.7. The number of likely N-dealkylation sites (N-methyl/N-ethyl adjacent to an activating group) is 1. The largest absolute Gasteiger partial charge is 0.340 e. The standard InChI is InChI=1S/C14H18ClNO/c1-4-16(5-2)14(17)9-8-12-7-6-11(3)13(15)10-12/h6-10H,4-5H2,1-3H3/b9-8+. The van der Waals surface area contributed by atoms with Crippen molar-refractivity contribution in [3.05, 3.63) is 40.4 Å². The Hall–Kier alpha value is -1.28. The van der Waals surface area contributed by atoms with E-state index in [9.17, 15) is 4.79 Å². The zero-order valence-corrected chi connectivity index (χ0v) is 11.3. The van der Waals surface area contributed by atoms with Crippen molar-refractivity contribution in [2.75, 3.05) is 13.1 Å². The Kier molecular flexibility index (Phi) is 5.23. The highest BCUT2D eigenvalue weighted by atomic mass is 35.5. The van der Waals surface area contributed by atoms with Crippen LogP contribution in [0.1, 0.15) is 25.0 Å². The van der Waals surface area contributed by atoms with Crippen molar-refractivity contribution in [3.8, 4) is 0 Å².